The molecule has 0 bridgehead atoms. The number of hydrogen-bond donors (Lipinski definition) is 1. The molecule has 0 spiro atoms. The van der Waals surface area contributed by atoms with E-state index in [4.69, 9.17) is 4.74 Å². The van der Waals surface area contributed by atoms with Gasteiger partial charge in [0, 0.05) is 23.2 Å². The predicted octanol–water partition coefficient (Wildman–Crippen LogP) is 3.28. The van der Waals surface area contributed by atoms with Crippen LogP contribution in [-0.4, -0.2) is 24.0 Å². The molecule has 4 rings (SSSR count). The molecule has 5 heteroatoms. The van der Waals surface area contributed by atoms with E-state index in [-0.39, 0.29) is 11.7 Å². The molecule has 1 amide bonds. The van der Waals surface area contributed by atoms with Gasteiger partial charge in [0.2, 0.25) is 5.91 Å². The lowest BCUT2D eigenvalue weighted by molar-refractivity contribution is -0.118. The number of para-hydroxylation sites is 1. The summed E-state index contributed by atoms with van der Waals surface area (Å²) >= 11 is 0. The quantitative estimate of drug-likeness (QED) is 0.789. The molecule has 0 fully saturated rings. The first-order valence-corrected chi connectivity index (χ1v) is 7.50. The summed E-state index contributed by atoms with van der Waals surface area (Å²) in [7, 11) is 0. The molecule has 3 aromatic rings. The Kier molecular flexibility index (Phi) is 3.26. The van der Waals surface area contributed by atoms with Crippen molar-refractivity contribution in [2.24, 2.45) is 0 Å². The normalized spacial score (nSPS) is 13.7. The van der Waals surface area contributed by atoms with Crippen molar-refractivity contribution in [3.05, 3.63) is 60.0 Å². The van der Waals surface area contributed by atoms with E-state index in [1.54, 1.807) is 11.0 Å². The minimum absolute atomic E-state index is 0.0223. The van der Waals surface area contributed by atoms with Crippen LogP contribution in [0.15, 0.2) is 48.7 Å². The highest BCUT2D eigenvalue weighted by atomic mass is 19.1. The van der Waals surface area contributed by atoms with Crippen molar-refractivity contribution in [3.8, 4) is 5.75 Å². The standard InChI is InChI=1S/C18H15FN2O2/c19-13-5-6-16-17(10-13)23-8-7-21(16)18(22)9-12-11-20-15-4-2-1-3-14(12)15/h1-6,10-11,20H,7-9H2. The van der Waals surface area contributed by atoms with E-state index in [0.29, 0.717) is 31.0 Å². The van der Waals surface area contributed by atoms with Gasteiger partial charge in [0.05, 0.1) is 18.7 Å². The minimum atomic E-state index is -0.366. The highest BCUT2D eigenvalue weighted by Crippen LogP contribution is 2.32. The highest BCUT2D eigenvalue weighted by molar-refractivity contribution is 5.98. The van der Waals surface area contributed by atoms with Crippen molar-refractivity contribution in [1.29, 1.82) is 0 Å². The number of benzene rings is 2. The predicted molar refractivity (Wildman–Crippen MR) is 86.3 cm³/mol. The van der Waals surface area contributed by atoms with Crippen LogP contribution in [0.5, 0.6) is 5.75 Å². The van der Waals surface area contributed by atoms with Gasteiger partial charge in [-0.15, -0.1) is 0 Å². The SMILES string of the molecule is O=C(Cc1c[nH]c2ccccc12)N1CCOc2cc(F)ccc21. The van der Waals surface area contributed by atoms with Crippen LogP contribution in [0.1, 0.15) is 5.56 Å². The molecular weight excluding hydrogens is 295 g/mol. The van der Waals surface area contributed by atoms with Crippen LogP contribution in [0.4, 0.5) is 10.1 Å². The number of nitrogens with one attached hydrogen (secondary N) is 1. The van der Waals surface area contributed by atoms with Crippen LogP contribution >= 0.6 is 0 Å². The van der Waals surface area contributed by atoms with E-state index in [1.165, 1.54) is 12.1 Å². The van der Waals surface area contributed by atoms with E-state index >= 15 is 0 Å². The number of carbonyl (C=O) groups excluding carboxylic acids is 1. The van der Waals surface area contributed by atoms with Crippen LogP contribution in [0, 0.1) is 5.82 Å². The molecule has 2 aromatic carbocycles. The van der Waals surface area contributed by atoms with Crippen molar-refractivity contribution in [2.45, 2.75) is 6.42 Å². The van der Waals surface area contributed by atoms with Crippen molar-refractivity contribution in [1.82, 2.24) is 4.98 Å². The Morgan fingerprint density at radius 1 is 1.26 bits per heavy atom. The van der Waals surface area contributed by atoms with Gasteiger partial charge in [-0.25, -0.2) is 4.39 Å². The van der Waals surface area contributed by atoms with E-state index in [0.717, 1.165) is 16.5 Å². The lowest BCUT2D eigenvalue weighted by Crippen LogP contribution is -2.38. The fourth-order valence-electron chi connectivity index (χ4n) is 2.99. The Morgan fingerprint density at radius 2 is 2.13 bits per heavy atom. The number of rotatable bonds is 2. The van der Waals surface area contributed by atoms with Gasteiger partial charge in [-0.05, 0) is 23.8 Å². The Labute approximate surface area is 132 Å². The summed E-state index contributed by atoms with van der Waals surface area (Å²) < 4.78 is 18.8. The third-order valence-corrected chi connectivity index (χ3v) is 4.10. The maximum Gasteiger partial charge on any atom is 0.231 e. The lowest BCUT2D eigenvalue weighted by atomic mass is 10.1. The number of H-pyrrole nitrogens is 1. The molecule has 0 saturated heterocycles. The number of amides is 1. The Hall–Kier alpha value is -2.82. The second-order valence-electron chi connectivity index (χ2n) is 5.54. The third-order valence-electron chi connectivity index (χ3n) is 4.10. The first-order chi connectivity index (χ1) is 11.2. The molecule has 1 aromatic heterocycles. The van der Waals surface area contributed by atoms with Gasteiger partial charge in [0.25, 0.3) is 0 Å². The van der Waals surface area contributed by atoms with E-state index in [9.17, 15) is 9.18 Å². The first-order valence-electron chi connectivity index (χ1n) is 7.50. The first kappa shape index (κ1) is 13.8. The lowest BCUT2D eigenvalue weighted by Gasteiger charge is -2.29. The molecule has 2 heterocycles. The molecule has 23 heavy (non-hydrogen) atoms. The van der Waals surface area contributed by atoms with Crippen LogP contribution in [-0.2, 0) is 11.2 Å². The molecule has 0 aliphatic carbocycles. The van der Waals surface area contributed by atoms with E-state index < -0.39 is 0 Å². The van der Waals surface area contributed by atoms with Crippen molar-refractivity contribution < 1.29 is 13.9 Å². The Morgan fingerprint density at radius 3 is 3.04 bits per heavy atom. The monoisotopic (exact) mass is 310 g/mol. The molecule has 116 valence electrons. The molecule has 1 aliphatic heterocycles. The van der Waals surface area contributed by atoms with Gasteiger partial charge in [-0.1, -0.05) is 18.2 Å². The zero-order valence-electron chi connectivity index (χ0n) is 12.4. The Balaban J connectivity index is 1.63. The third kappa shape index (κ3) is 2.44. The van der Waals surface area contributed by atoms with Crippen LogP contribution in [0.25, 0.3) is 10.9 Å². The van der Waals surface area contributed by atoms with Crippen LogP contribution in [0.3, 0.4) is 0 Å². The maximum absolute atomic E-state index is 13.3. The molecule has 1 aliphatic rings. The van der Waals surface area contributed by atoms with Gasteiger partial charge in [-0.3, -0.25) is 4.79 Å². The van der Waals surface area contributed by atoms with Gasteiger partial charge in [0.1, 0.15) is 18.2 Å². The summed E-state index contributed by atoms with van der Waals surface area (Å²) in [5.41, 5.74) is 2.60. The molecule has 1 N–H and O–H groups in total. The largest absolute Gasteiger partial charge is 0.489 e. The van der Waals surface area contributed by atoms with Crippen molar-refractivity contribution in [3.63, 3.8) is 0 Å². The molecule has 4 nitrogen and oxygen atoms in total. The average Bonchev–Trinajstić information content (AvgIpc) is 2.97. The summed E-state index contributed by atoms with van der Waals surface area (Å²) in [6.45, 7) is 0.843. The molecule has 0 atom stereocenters. The van der Waals surface area contributed by atoms with E-state index in [2.05, 4.69) is 4.98 Å². The number of fused-ring (bicyclic) bond motifs is 2. The number of anilines is 1. The Bertz CT molecular complexity index is 888. The second-order valence-corrected chi connectivity index (χ2v) is 5.54. The van der Waals surface area contributed by atoms with Gasteiger partial charge < -0.3 is 14.6 Å². The van der Waals surface area contributed by atoms with Crippen molar-refractivity contribution in [2.75, 3.05) is 18.1 Å². The number of hydrogen-bond acceptors (Lipinski definition) is 2. The van der Waals surface area contributed by atoms with Crippen molar-refractivity contribution >= 4 is 22.5 Å². The highest BCUT2D eigenvalue weighted by Gasteiger charge is 2.24. The smallest absolute Gasteiger partial charge is 0.231 e. The summed E-state index contributed by atoms with van der Waals surface area (Å²) in [5.74, 6) is 0.0316. The number of halogens is 1. The summed E-state index contributed by atoms with van der Waals surface area (Å²) in [5, 5.41) is 1.05. The molecule has 0 unspecified atom stereocenters. The summed E-state index contributed by atoms with van der Waals surface area (Å²) in [6.07, 6.45) is 2.16. The number of carbonyl (C=O) groups is 1. The second kappa shape index (κ2) is 5.43. The summed E-state index contributed by atoms with van der Waals surface area (Å²) in [6, 6.07) is 12.2. The molecule has 0 radical (unpaired) electrons. The molecular formula is C18H15FN2O2. The van der Waals surface area contributed by atoms with Crippen LogP contribution < -0.4 is 9.64 Å². The fourth-order valence-corrected chi connectivity index (χ4v) is 2.99. The summed E-state index contributed by atoms with van der Waals surface area (Å²) in [4.78, 5) is 17.6. The number of aromatic amines is 1. The average molecular weight is 310 g/mol. The topological polar surface area (TPSA) is 45.3 Å². The van der Waals surface area contributed by atoms with Gasteiger partial charge in [-0.2, -0.15) is 0 Å². The fraction of sp³-hybridized carbons (Fsp3) is 0.167. The number of ether oxygens (including phenoxy) is 1. The number of nitrogens with zero attached hydrogens (tertiary/aromatic N) is 1. The zero-order valence-corrected chi connectivity index (χ0v) is 12.4. The zero-order chi connectivity index (χ0) is 15.8. The van der Waals surface area contributed by atoms with Crippen LogP contribution in [0.2, 0.25) is 0 Å². The maximum atomic E-state index is 13.3. The number of aromatic nitrogens is 1. The molecule has 0 saturated carbocycles. The van der Waals surface area contributed by atoms with Gasteiger partial charge >= 0.3 is 0 Å². The van der Waals surface area contributed by atoms with E-state index in [1.807, 2.05) is 30.5 Å². The minimum Gasteiger partial charge on any atom is -0.489 e. The van der Waals surface area contributed by atoms with Gasteiger partial charge in [0.15, 0.2) is 0 Å².